The fourth-order valence-corrected chi connectivity index (χ4v) is 2.36. The third-order valence-corrected chi connectivity index (χ3v) is 3.43. The van der Waals surface area contributed by atoms with Crippen molar-refractivity contribution < 1.29 is 5.11 Å². The second-order valence-electron chi connectivity index (χ2n) is 4.87. The highest BCUT2D eigenvalue weighted by atomic mass is 16.3. The number of phenolic OH excluding ortho intramolecular Hbond substituents is 1. The lowest BCUT2D eigenvalue weighted by Crippen LogP contribution is -2.02. The third-order valence-electron chi connectivity index (χ3n) is 3.43. The first-order valence-corrected chi connectivity index (χ1v) is 6.59. The normalized spacial score (nSPS) is 10.7. The van der Waals surface area contributed by atoms with Crippen LogP contribution < -0.4 is 5.32 Å². The van der Waals surface area contributed by atoms with E-state index in [1.165, 1.54) is 5.39 Å². The number of rotatable bonds is 3. The van der Waals surface area contributed by atoms with Gasteiger partial charge in [0.05, 0.1) is 0 Å². The fraction of sp³-hybridized carbons (Fsp3) is 0.118. The van der Waals surface area contributed by atoms with Crippen LogP contribution in [-0.4, -0.2) is 10.1 Å². The van der Waals surface area contributed by atoms with Crippen molar-refractivity contribution in [2.75, 3.05) is 5.32 Å². The summed E-state index contributed by atoms with van der Waals surface area (Å²) in [5.41, 5.74) is 3.21. The van der Waals surface area contributed by atoms with E-state index >= 15 is 0 Å². The van der Waals surface area contributed by atoms with Crippen LogP contribution in [0.4, 0.5) is 5.69 Å². The van der Waals surface area contributed by atoms with Gasteiger partial charge in [0.25, 0.3) is 0 Å². The summed E-state index contributed by atoms with van der Waals surface area (Å²) in [6.45, 7) is 2.68. The molecule has 0 atom stereocenters. The summed E-state index contributed by atoms with van der Waals surface area (Å²) < 4.78 is 0. The molecule has 0 aliphatic rings. The number of aromatic hydroxyl groups is 1. The van der Waals surface area contributed by atoms with Crippen LogP contribution in [0.25, 0.3) is 10.8 Å². The number of hydrogen-bond acceptors (Lipinski definition) is 3. The maximum atomic E-state index is 9.43. The molecule has 0 bridgehead atoms. The number of nitrogens with zero attached hydrogens (tertiary/aromatic N) is 1. The van der Waals surface area contributed by atoms with Crippen molar-refractivity contribution >= 4 is 16.5 Å². The third kappa shape index (κ3) is 2.43. The number of benzene rings is 2. The van der Waals surface area contributed by atoms with Crippen LogP contribution in [0, 0.1) is 6.92 Å². The Morgan fingerprint density at radius 1 is 1.10 bits per heavy atom. The summed E-state index contributed by atoms with van der Waals surface area (Å²) in [4.78, 5) is 4.28. The second kappa shape index (κ2) is 5.21. The summed E-state index contributed by atoms with van der Waals surface area (Å²) in [6.07, 6.45) is 3.77. The van der Waals surface area contributed by atoms with Crippen molar-refractivity contribution in [1.82, 2.24) is 4.98 Å². The highest BCUT2D eigenvalue weighted by molar-refractivity contribution is 5.84. The Bertz CT molecular complexity index is 748. The first-order valence-electron chi connectivity index (χ1n) is 6.59. The summed E-state index contributed by atoms with van der Waals surface area (Å²) in [5.74, 6) is 0.292. The number of fused-ring (bicyclic) bond motifs is 1. The summed E-state index contributed by atoms with van der Waals surface area (Å²) in [6, 6.07) is 13.6. The van der Waals surface area contributed by atoms with Crippen molar-refractivity contribution in [2.24, 2.45) is 0 Å². The highest BCUT2D eigenvalue weighted by Crippen LogP contribution is 2.22. The largest absolute Gasteiger partial charge is 0.508 e. The lowest BCUT2D eigenvalue weighted by Gasteiger charge is -2.11. The number of hydrogen-bond donors (Lipinski definition) is 2. The molecule has 0 spiro atoms. The number of anilines is 1. The van der Waals surface area contributed by atoms with Gasteiger partial charge >= 0.3 is 0 Å². The maximum Gasteiger partial charge on any atom is 0.115 e. The van der Waals surface area contributed by atoms with Crippen molar-refractivity contribution in [3.8, 4) is 5.75 Å². The molecule has 1 aromatic heterocycles. The Balaban J connectivity index is 1.87. The van der Waals surface area contributed by atoms with E-state index in [-0.39, 0.29) is 0 Å². The second-order valence-corrected chi connectivity index (χ2v) is 4.87. The van der Waals surface area contributed by atoms with Crippen LogP contribution in [-0.2, 0) is 6.54 Å². The first-order chi connectivity index (χ1) is 9.74. The van der Waals surface area contributed by atoms with Crippen LogP contribution in [0.15, 0.2) is 54.9 Å². The molecule has 3 heteroatoms. The van der Waals surface area contributed by atoms with E-state index in [9.17, 15) is 5.11 Å². The van der Waals surface area contributed by atoms with Crippen molar-refractivity contribution in [3.63, 3.8) is 0 Å². The first kappa shape index (κ1) is 12.5. The zero-order valence-electron chi connectivity index (χ0n) is 11.3. The average molecular weight is 264 g/mol. The number of pyridine rings is 1. The van der Waals surface area contributed by atoms with E-state index in [1.807, 2.05) is 37.5 Å². The molecular weight excluding hydrogens is 248 g/mol. The van der Waals surface area contributed by atoms with Gasteiger partial charge in [0.2, 0.25) is 0 Å². The van der Waals surface area contributed by atoms with Gasteiger partial charge in [-0.1, -0.05) is 24.3 Å². The summed E-state index contributed by atoms with van der Waals surface area (Å²) in [7, 11) is 0. The molecule has 3 rings (SSSR count). The lowest BCUT2D eigenvalue weighted by molar-refractivity contribution is 0.475. The summed E-state index contributed by atoms with van der Waals surface area (Å²) in [5, 5.41) is 15.2. The Morgan fingerprint density at radius 2 is 1.95 bits per heavy atom. The van der Waals surface area contributed by atoms with Gasteiger partial charge in [-0.15, -0.1) is 0 Å². The van der Waals surface area contributed by atoms with Crippen LogP contribution >= 0.6 is 0 Å². The number of nitrogens with one attached hydrogen (secondary N) is 1. The van der Waals surface area contributed by atoms with E-state index in [0.29, 0.717) is 12.3 Å². The Morgan fingerprint density at radius 3 is 2.80 bits per heavy atom. The molecule has 3 nitrogen and oxygen atoms in total. The molecule has 1 heterocycles. The van der Waals surface area contributed by atoms with Gasteiger partial charge in [0, 0.05) is 30.0 Å². The zero-order valence-corrected chi connectivity index (χ0v) is 11.3. The quantitative estimate of drug-likeness (QED) is 0.706. The molecule has 0 aliphatic heterocycles. The zero-order chi connectivity index (χ0) is 13.9. The van der Waals surface area contributed by atoms with Crippen LogP contribution in [0.1, 0.15) is 11.1 Å². The van der Waals surface area contributed by atoms with Crippen LogP contribution in [0.5, 0.6) is 5.75 Å². The minimum atomic E-state index is 0.292. The van der Waals surface area contributed by atoms with Gasteiger partial charge in [-0.05, 0) is 41.6 Å². The van der Waals surface area contributed by atoms with Crippen LogP contribution in [0.2, 0.25) is 0 Å². The van der Waals surface area contributed by atoms with Crippen molar-refractivity contribution in [1.29, 1.82) is 0 Å². The molecule has 3 aromatic rings. The van der Waals surface area contributed by atoms with E-state index in [2.05, 4.69) is 22.4 Å². The predicted molar refractivity (Wildman–Crippen MR) is 81.9 cm³/mol. The highest BCUT2D eigenvalue weighted by Gasteiger charge is 2.03. The molecule has 0 amide bonds. The molecule has 0 radical (unpaired) electrons. The average Bonchev–Trinajstić information content (AvgIpc) is 2.46. The molecule has 0 unspecified atom stereocenters. The molecule has 0 fully saturated rings. The lowest BCUT2D eigenvalue weighted by atomic mass is 10.1. The van der Waals surface area contributed by atoms with Gasteiger partial charge in [-0.25, -0.2) is 0 Å². The predicted octanol–water partition coefficient (Wildman–Crippen LogP) is 3.86. The van der Waals surface area contributed by atoms with Gasteiger partial charge in [-0.3, -0.25) is 4.98 Å². The molecule has 0 saturated carbocycles. The van der Waals surface area contributed by atoms with E-state index in [0.717, 1.165) is 22.2 Å². The Labute approximate surface area is 117 Å². The molecule has 100 valence electrons. The Hall–Kier alpha value is -2.55. The number of aromatic nitrogens is 1. The van der Waals surface area contributed by atoms with Crippen molar-refractivity contribution in [2.45, 2.75) is 13.5 Å². The maximum absolute atomic E-state index is 9.43. The molecule has 2 N–H and O–H groups in total. The molecular formula is C17H16N2O. The Kier molecular flexibility index (Phi) is 3.25. The minimum Gasteiger partial charge on any atom is -0.508 e. The minimum absolute atomic E-state index is 0.292. The summed E-state index contributed by atoms with van der Waals surface area (Å²) >= 11 is 0. The topological polar surface area (TPSA) is 45.1 Å². The molecule has 0 saturated heterocycles. The fourth-order valence-electron chi connectivity index (χ4n) is 2.36. The number of phenols is 1. The SMILES string of the molecule is Cc1cc(O)ccc1NCc1cncc2ccccc12. The van der Waals surface area contributed by atoms with Gasteiger partial charge in [0.15, 0.2) is 0 Å². The van der Waals surface area contributed by atoms with Gasteiger partial charge < -0.3 is 10.4 Å². The molecule has 20 heavy (non-hydrogen) atoms. The number of aryl methyl sites for hydroxylation is 1. The standard InChI is InChI=1S/C17H16N2O/c1-12-8-15(20)6-7-17(12)19-11-14-10-18-9-13-4-2-3-5-16(13)14/h2-10,19-20H,11H2,1H3. The van der Waals surface area contributed by atoms with Crippen LogP contribution in [0.3, 0.4) is 0 Å². The smallest absolute Gasteiger partial charge is 0.115 e. The van der Waals surface area contributed by atoms with Gasteiger partial charge in [-0.2, -0.15) is 0 Å². The van der Waals surface area contributed by atoms with Gasteiger partial charge in [0.1, 0.15) is 5.75 Å². The molecule has 0 aliphatic carbocycles. The van der Waals surface area contributed by atoms with E-state index in [1.54, 1.807) is 12.1 Å². The van der Waals surface area contributed by atoms with E-state index < -0.39 is 0 Å². The van der Waals surface area contributed by atoms with Crippen molar-refractivity contribution in [3.05, 3.63) is 66.0 Å². The monoisotopic (exact) mass is 264 g/mol. The van der Waals surface area contributed by atoms with E-state index in [4.69, 9.17) is 0 Å². The molecule has 2 aromatic carbocycles.